The Morgan fingerprint density at radius 2 is 1.90 bits per heavy atom. The van der Waals surface area contributed by atoms with Crippen LogP contribution in [0.25, 0.3) is 5.78 Å². The molecule has 2 aromatic carbocycles. The number of fused-ring (bicyclic) bond motifs is 1. The van der Waals surface area contributed by atoms with E-state index in [2.05, 4.69) is 20.4 Å². The SMILES string of the molecule is Cc1nc2ncnn2c(NCCOc2ccc(Oc3ccccc3)cc2Cl)c1C. The summed E-state index contributed by atoms with van der Waals surface area (Å²) in [5.74, 6) is 3.43. The second-order valence-corrected chi connectivity index (χ2v) is 6.83. The molecule has 0 spiro atoms. The highest BCUT2D eigenvalue weighted by Gasteiger charge is 2.11. The van der Waals surface area contributed by atoms with Crippen molar-refractivity contribution >= 4 is 23.2 Å². The lowest BCUT2D eigenvalue weighted by molar-refractivity contribution is 0.332. The Kier molecular flexibility index (Phi) is 5.48. The number of anilines is 1. The van der Waals surface area contributed by atoms with Crippen LogP contribution in [-0.2, 0) is 0 Å². The molecule has 0 saturated heterocycles. The lowest BCUT2D eigenvalue weighted by Gasteiger charge is -2.14. The first-order valence-corrected chi connectivity index (χ1v) is 9.55. The predicted octanol–water partition coefficient (Wildman–Crippen LogP) is 4.68. The van der Waals surface area contributed by atoms with Crippen molar-refractivity contribution in [2.75, 3.05) is 18.5 Å². The smallest absolute Gasteiger partial charge is 0.254 e. The van der Waals surface area contributed by atoms with Crippen LogP contribution in [0.1, 0.15) is 11.3 Å². The van der Waals surface area contributed by atoms with E-state index in [9.17, 15) is 0 Å². The Balaban J connectivity index is 1.37. The van der Waals surface area contributed by atoms with E-state index in [-0.39, 0.29) is 0 Å². The molecule has 0 saturated carbocycles. The molecule has 0 bridgehead atoms. The molecule has 1 N–H and O–H groups in total. The number of aryl methyl sites for hydroxylation is 1. The van der Waals surface area contributed by atoms with Gasteiger partial charge >= 0.3 is 0 Å². The third-order valence-electron chi connectivity index (χ3n) is 4.44. The summed E-state index contributed by atoms with van der Waals surface area (Å²) < 4.78 is 13.3. The number of nitrogens with one attached hydrogen (secondary N) is 1. The van der Waals surface area contributed by atoms with Crippen molar-refractivity contribution in [2.45, 2.75) is 13.8 Å². The first-order valence-electron chi connectivity index (χ1n) is 9.18. The summed E-state index contributed by atoms with van der Waals surface area (Å²) >= 11 is 6.34. The topological polar surface area (TPSA) is 73.6 Å². The fourth-order valence-corrected chi connectivity index (χ4v) is 3.08. The van der Waals surface area contributed by atoms with E-state index in [1.54, 1.807) is 16.6 Å². The maximum Gasteiger partial charge on any atom is 0.254 e. The Morgan fingerprint density at radius 3 is 2.69 bits per heavy atom. The molecular weight excluding hydrogens is 390 g/mol. The number of nitrogens with zero attached hydrogens (tertiary/aromatic N) is 4. The van der Waals surface area contributed by atoms with Gasteiger partial charge in [0.1, 0.15) is 36.0 Å². The van der Waals surface area contributed by atoms with E-state index in [0.29, 0.717) is 35.5 Å². The molecule has 148 valence electrons. The molecule has 29 heavy (non-hydrogen) atoms. The minimum Gasteiger partial charge on any atom is -0.490 e. The Bertz CT molecular complexity index is 1130. The second kappa shape index (κ2) is 8.36. The number of aromatic nitrogens is 4. The van der Waals surface area contributed by atoms with Crippen LogP contribution in [0.2, 0.25) is 5.02 Å². The molecule has 2 aromatic heterocycles. The number of hydrogen-bond donors (Lipinski definition) is 1. The monoisotopic (exact) mass is 409 g/mol. The minimum atomic E-state index is 0.426. The molecule has 8 heteroatoms. The fraction of sp³-hybridized carbons (Fsp3) is 0.190. The molecule has 0 fully saturated rings. The van der Waals surface area contributed by atoms with Gasteiger partial charge in [0.05, 0.1) is 11.6 Å². The van der Waals surface area contributed by atoms with Crippen LogP contribution in [0.15, 0.2) is 54.9 Å². The van der Waals surface area contributed by atoms with Gasteiger partial charge in [0.25, 0.3) is 5.78 Å². The van der Waals surface area contributed by atoms with Crippen LogP contribution in [-0.4, -0.2) is 32.7 Å². The number of rotatable bonds is 7. The highest BCUT2D eigenvalue weighted by molar-refractivity contribution is 6.32. The van der Waals surface area contributed by atoms with Gasteiger partial charge in [-0.15, -0.1) is 0 Å². The zero-order valence-corrected chi connectivity index (χ0v) is 16.8. The zero-order chi connectivity index (χ0) is 20.2. The van der Waals surface area contributed by atoms with E-state index in [1.165, 1.54) is 6.33 Å². The summed E-state index contributed by atoms with van der Waals surface area (Å²) in [6.07, 6.45) is 1.49. The summed E-state index contributed by atoms with van der Waals surface area (Å²) in [4.78, 5) is 8.56. The van der Waals surface area contributed by atoms with Crippen LogP contribution >= 0.6 is 11.6 Å². The molecule has 0 aliphatic carbocycles. The first-order chi connectivity index (χ1) is 14.1. The maximum absolute atomic E-state index is 6.34. The predicted molar refractivity (Wildman–Crippen MR) is 112 cm³/mol. The largest absolute Gasteiger partial charge is 0.490 e. The summed E-state index contributed by atoms with van der Waals surface area (Å²) in [5, 5.41) is 8.06. The lowest BCUT2D eigenvalue weighted by Crippen LogP contribution is -2.16. The normalized spacial score (nSPS) is 10.9. The van der Waals surface area contributed by atoms with E-state index >= 15 is 0 Å². The van der Waals surface area contributed by atoms with Gasteiger partial charge in [-0.25, -0.2) is 4.98 Å². The number of ether oxygens (including phenoxy) is 2. The summed E-state index contributed by atoms with van der Waals surface area (Å²) in [7, 11) is 0. The minimum absolute atomic E-state index is 0.426. The number of benzene rings is 2. The molecule has 0 aliphatic rings. The van der Waals surface area contributed by atoms with Gasteiger partial charge in [0.2, 0.25) is 0 Å². The maximum atomic E-state index is 6.34. The van der Waals surface area contributed by atoms with Crippen LogP contribution in [0, 0.1) is 13.8 Å². The van der Waals surface area contributed by atoms with Gasteiger partial charge in [-0.05, 0) is 38.1 Å². The fourth-order valence-electron chi connectivity index (χ4n) is 2.86. The summed E-state index contributed by atoms with van der Waals surface area (Å²) in [6.45, 7) is 4.94. The van der Waals surface area contributed by atoms with E-state index < -0.39 is 0 Å². The summed E-state index contributed by atoms with van der Waals surface area (Å²) in [6, 6.07) is 14.9. The quantitative estimate of drug-likeness (QED) is 0.447. The van der Waals surface area contributed by atoms with Crippen molar-refractivity contribution in [3.05, 3.63) is 71.1 Å². The van der Waals surface area contributed by atoms with Gasteiger partial charge in [-0.2, -0.15) is 14.6 Å². The number of para-hydroxylation sites is 1. The Labute approximate surface area is 173 Å². The standard InChI is InChI=1S/C21H20ClN5O2/c1-14-15(2)26-21-24-13-25-27(21)20(14)23-10-11-28-19-9-8-17(12-18(19)22)29-16-6-4-3-5-7-16/h3-9,12-13,23H,10-11H2,1-2H3. The van der Waals surface area contributed by atoms with E-state index in [4.69, 9.17) is 21.1 Å². The van der Waals surface area contributed by atoms with Crippen molar-refractivity contribution < 1.29 is 9.47 Å². The zero-order valence-electron chi connectivity index (χ0n) is 16.1. The number of halogens is 1. The molecule has 2 heterocycles. The van der Waals surface area contributed by atoms with Crippen LogP contribution in [0.3, 0.4) is 0 Å². The molecule has 4 rings (SSSR count). The van der Waals surface area contributed by atoms with Crippen LogP contribution < -0.4 is 14.8 Å². The molecule has 7 nitrogen and oxygen atoms in total. The lowest BCUT2D eigenvalue weighted by atomic mass is 10.2. The third-order valence-corrected chi connectivity index (χ3v) is 4.74. The molecule has 0 atom stereocenters. The van der Waals surface area contributed by atoms with Gasteiger partial charge in [-0.1, -0.05) is 29.8 Å². The Hall–Kier alpha value is -3.32. The molecular formula is C21H20ClN5O2. The third kappa shape index (κ3) is 4.25. The van der Waals surface area contributed by atoms with Crippen molar-refractivity contribution in [3.63, 3.8) is 0 Å². The summed E-state index contributed by atoms with van der Waals surface area (Å²) in [5.41, 5.74) is 1.93. The van der Waals surface area contributed by atoms with Crippen LogP contribution in [0.4, 0.5) is 5.82 Å². The molecule has 0 aliphatic heterocycles. The molecule has 0 radical (unpaired) electrons. The van der Waals surface area contributed by atoms with Gasteiger partial charge in [0, 0.05) is 17.3 Å². The molecule has 4 aromatic rings. The van der Waals surface area contributed by atoms with Crippen molar-refractivity contribution in [1.29, 1.82) is 0 Å². The molecule has 0 unspecified atom stereocenters. The van der Waals surface area contributed by atoms with Crippen molar-refractivity contribution in [2.24, 2.45) is 0 Å². The van der Waals surface area contributed by atoms with Crippen molar-refractivity contribution in [3.8, 4) is 17.2 Å². The van der Waals surface area contributed by atoms with Gasteiger partial charge in [-0.3, -0.25) is 0 Å². The first kappa shape index (κ1) is 19.0. The average molecular weight is 410 g/mol. The van der Waals surface area contributed by atoms with Crippen LogP contribution in [0.5, 0.6) is 17.2 Å². The van der Waals surface area contributed by atoms with Crippen molar-refractivity contribution in [1.82, 2.24) is 19.6 Å². The second-order valence-electron chi connectivity index (χ2n) is 6.43. The highest BCUT2D eigenvalue weighted by Crippen LogP contribution is 2.31. The van der Waals surface area contributed by atoms with Gasteiger partial charge < -0.3 is 14.8 Å². The highest BCUT2D eigenvalue weighted by atomic mass is 35.5. The van der Waals surface area contributed by atoms with Gasteiger partial charge in [0.15, 0.2) is 0 Å². The average Bonchev–Trinajstić information content (AvgIpc) is 3.18. The Morgan fingerprint density at radius 1 is 1.07 bits per heavy atom. The molecule has 0 amide bonds. The van der Waals surface area contributed by atoms with E-state index in [0.717, 1.165) is 22.8 Å². The number of hydrogen-bond acceptors (Lipinski definition) is 6. The van der Waals surface area contributed by atoms with E-state index in [1.807, 2.05) is 50.2 Å².